The van der Waals surface area contributed by atoms with Gasteiger partial charge in [0.25, 0.3) is 0 Å². The van der Waals surface area contributed by atoms with Crippen LogP contribution in [0.3, 0.4) is 0 Å². The quantitative estimate of drug-likeness (QED) is 0.275. The number of ether oxygens (including phenoxy) is 1. The molecule has 0 bridgehead atoms. The van der Waals surface area contributed by atoms with Gasteiger partial charge in [0.05, 0.1) is 18.7 Å². The van der Waals surface area contributed by atoms with Gasteiger partial charge in [0.1, 0.15) is 6.04 Å². The van der Waals surface area contributed by atoms with Crippen molar-refractivity contribution in [3.63, 3.8) is 0 Å². The minimum absolute atomic E-state index is 0.0924. The summed E-state index contributed by atoms with van der Waals surface area (Å²) in [5, 5.41) is 0. The minimum Gasteiger partial charge on any atom is -0.467 e. The molecule has 2 saturated heterocycles. The van der Waals surface area contributed by atoms with Gasteiger partial charge in [-0.15, -0.1) is 0 Å². The van der Waals surface area contributed by atoms with E-state index in [1.165, 1.54) is 12.0 Å². The van der Waals surface area contributed by atoms with Crippen molar-refractivity contribution in [3.8, 4) is 0 Å². The van der Waals surface area contributed by atoms with E-state index < -0.39 is 17.6 Å². The lowest BCUT2D eigenvalue weighted by Gasteiger charge is -2.54. The Hall–Kier alpha value is -4.17. The van der Waals surface area contributed by atoms with Crippen molar-refractivity contribution in [2.24, 2.45) is 5.92 Å². The van der Waals surface area contributed by atoms with Crippen LogP contribution in [0.25, 0.3) is 0 Å². The Bertz CT molecular complexity index is 1320. The third-order valence-electron chi connectivity index (χ3n) is 9.18. The zero-order chi connectivity index (χ0) is 31.3. The van der Waals surface area contributed by atoms with Gasteiger partial charge in [0.15, 0.2) is 0 Å². The number of methoxy groups -OCH3 is 1. The largest absolute Gasteiger partial charge is 0.467 e. The van der Waals surface area contributed by atoms with Gasteiger partial charge in [0, 0.05) is 39.8 Å². The van der Waals surface area contributed by atoms with Gasteiger partial charge in [-0.2, -0.15) is 0 Å². The van der Waals surface area contributed by atoms with E-state index in [1.807, 2.05) is 36.9 Å². The highest BCUT2D eigenvalue weighted by Gasteiger charge is 2.52. The van der Waals surface area contributed by atoms with Gasteiger partial charge in [0.2, 0.25) is 5.91 Å². The summed E-state index contributed by atoms with van der Waals surface area (Å²) in [4.78, 5) is 47.8. The molecule has 232 valence electrons. The van der Waals surface area contributed by atoms with E-state index in [-0.39, 0.29) is 23.9 Å². The van der Waals surface area contributed by atoms with Gasteiger partial charge in [-0.1, -0.05) is 105 Å². The molecule has 0 unspecified atom stereocenters. The number of esters is 1. The SMILES string of the molecule is COC(=O)[C@H](C(C)C)N(C)C(=O)N1CCCN(C(=O)[C@H]2CCN2C(c2ccccc2)(c2ccccc2)c2ccccc2)CC1. The molecule has 2 fully saturated rings. The van der Waals surface area contributed by atoms with Gasteiger partial charge in [-0.3, -0.25) is 9.69 Å². The molecule has 3 amide bonds. The van der Waals surface area contributed by atoms with Crippen LogP contribution in [0.15, 0.2) is 91.0 Å². The molecule has 2 aliphatic rings. The zero-order valence-corrected chi connectivity index (χ0v) is 26.3. The van der Waals surface area contributed by atoms with Crippen molar-refractivity contribution < 1.29 is 19.1 Å². The molecular weight excluding hydrogens is 552 g/mol. The van der Waals surface area contributed by atoms with E-state index in [0.717, 1.165) is 29.7 Å². The van der Waals surface area contributed by atoms with E-state index in [2.05, 4.69) is 77.7 Å². The third-order valence-corrected chi connectivity index (χ3v) is 9.18. The number of amides is 3. The predicted molar refractivity (Wildman–Crippen MR) is 171 cm³/mol. The average molecular weight is 597 g/mol. The maximum Gasteiger partial charge on any atom is 0.328 e. The topological polar surface area (TPSA) is 73.4 Å². The molecular formula is C36H44N4O4. The maximum absolute atomic E-state index is 14.3. The van der Waals surface area contributed by atoms with E-state index in [1.54, 1.807) is 11.9 Å². The highest BCUT2D eigenvalue weighted by Crippen LogP contribution is 2.47. The standard InChI is InChI=1S/C36H44N4O4/c1-27(2)32(34(42)44-4)37(3)35(43)39-23-14-22-38(25-26-39)33(41)31-21-24-40(31)36(28-15-8-5-9-16-28,29-17-10-6-11-18-29)30-19-12-7-13-20-30/h5-13,15-20,27,31-32H,14,21-26H2,1-4H3/t31-,32+/m1/s1. The van der Waals surface area contributed by atoms with Crippen molar-refractivity contribution in [2.75, 3.05) is 46.9 Å². The van der Waals surface area contributed by atoms with Crippen LogP contribution in [-0.4, -0.2) is 96.5 Å². The van der Waals surface area contributed by atoms with E-state index >= 15 is 0 Å². The molecule has 3 aromatic rings. The summed E-state index contributed by atoms with van der Waals surface area (Å²) in [5.41, 5.74) is 2.72. The number of carbonyl (C=O) groups excluding carboxylic acids is 3. The summed E-state index contributed by atoms with van der Waals surface area (Å²) in [7, 11) is 3.00. The fourth-order valence-corrected chi connectivity index (χ4v) is 6.96. The molecule has 8 heteroatoms. The molecule has 3 aromatic carbocycles. The van der Waals surface area contributed by atoms with Gasteiger partial charge in [-0.05, 0) is 35.4 Å². The van der Waals surface area contributed by atoms with Crippen LogP contribution < -0.4 is 0 Å². The number of hydrogen-bond acceptors (Lipinski definition) is 5. The van der Waals surface area contributed by atoms with Gasteiger partial charge < -0.3 is 19.4 Å². The Morgan fingerprint density at radius 2 is 1.23 bits per heavy atom. The second-order valence-corrected chi connectivity index (χ2v) is 12.1. The first kappa shape index (κ1) is 31.3. The van der Waals surface area contributed by atoms with Crippen molar-refractivity contribution in [2.45, 2.75) is 44.3 Å². The molecule has 5 rings (SSSR count). The molecule has 2 atom stereocenters. The Balaban J connectivity index is 1.40. The molecule has 44 heavy (non-hydrogen) atoms. The van der Waals surface area contributed by atoms with Crippen LogP contribution in [0.1, 0.15) is 43.4 Å². The van der Waals surface area contributed by atoms with Gasteiger partial charge in [-0.25, -0.2) is 9.59 Å². The third kappa shape index (κ3) is 5.83. The van der Waals surface area contributed by atoms with Gasteiger partial charge >= 0.3 is 12.0 Å². The Morgan fingerprint density at radius 1 is 0.750 bits per heavy atom. The number of urea groups is 1. The smallest absolute Gasteiger partial charge is 0.328 e. The molecule has 2 heterocycles. The van der Waals surface area contributed by atoms with Crippen LogP contribution in [-0.2, 0) is 19.9 Å². The summed E-state index contributed by atoms with van der Waals surface area (Å²) < 4.78 is 4.98. The van der Waals surface area contributed by atoms with Crippen LogP contribution in [0, 0.1) is 5.92 Å². The second-order valence-electron chi connectivity index (χ2n) is 12.1. The summed E-state index contributed by atoms with van der Waals surface area (Å²) in [6, 6.07) is 30.2. The van der Waals surface area contributed by atoms with Crippen molar-refractivity contribution in [1.82, 2.24) is 19.6 Å². The average Bonchev–Trinajstić information content (AvgIpc) is 3.30. The lowest BCUT2D eigenvalue weighted by molar-refractivity contribution is -0.147. The number of nitrogens with zero attached hydrogens (tertiary/aromatic N) is 4. The molecule has 0 aromatic heterocycles. The fraction of sp³-hybridized carbons (Fsp3) is 0.417. The van der Waals surface area contributed by atoms with Crippen LogP contribution >= 0.6 is 0 Å². The number of rotatable bonds is 8. The number of benzene rings is 3. The van der Waals surface area contributed by atoms with Crippen LogP contribution in [0.4, 0.5) is 4.79 Å². The van der Waals surface area contributed by atoms with E-state index in [0.29, 0.717) is 32.6 Å². The first-order chi connectivity index (χ1) is 21.3. The molecule has 2 aliphatic heterocycles. The normalized spacial score (nSPS) is 18.2. The summed E-state index contributed by atoms with van der Waals surface area (Å²) in [6.07, 6.45) is 1.44. The second kappa shape index (κ2) is 13.6. The summed E-state index contributed by atoms with van der Waals surface area (Å²) in [5.74, 6) is -0.419. The zero-order valence-electron chi connectivity index (χ0n) is 26.3. The number of carbonyl (C=O) groups is 3. The Morgan fingerprint density at radius 3 is 1.66 bits per heavy atom. The first-order valence-electron chi connectivity index (χ1n) is 15.6. The molecule has 0 N–H and O–H groups in total. The Kier molecular flexibility index (Phi) is 9.69. The molecule has 0 saturated carbocycles. The minimum atomic E-state index is -0.667. The predicted octanol–water partition coefficient (Wildman–Crippen LogP) is 4.84. The van der Waals surface area contributed by atoms with E-state index in [9.17, 15) is 14.4 Å². The molecule has 0 spiro atoms. The van der Waals surface area contributed by atoms with Crippen LogP contribution in [0.2, 0.25) is 0 Å². The highest BCUT2D eigenvalue weighted by atomic mass is 16.5. The van der Waals surface area contributed by atoms with Crippen molar-refractivity contribution >= 4 is 17.9 Å². The highest BCUT2D eigenvalue weighted by molar-refractivity contribution is 5.85. The first-order valence-corrected chi connectivity index (χ1v) is 15.6. The monoisotopic (exact) mass is 596 g/mol. The Labute approximate surface area is 261 Å². The lowest BCUT2D eigenvalue weighted by atomic mass is 9.72. The molecule has 0 aliphatic carbocycles. The molecule has 0 radical (unpaired) electrons. The molecule has 8 nitrogen and oxygen atoms in total. The number of likely N-dealkylation sites (tertiary alicyclic amines) is 1. The van der Waals surface area contributed by atoms with E-state index in [4.69, 9.17) is 4.74 Å². The number of hydrogen-bond donors (Lipinski definition) is 0. The van der Waals surface area contributed by atoms with Crippen LogP contribution in [0.5, 0.6) is 0 Å². The fourth-order valence-electron chi connectivity index (χ4n) is 6.96. The lowest BCUT2D eigenvalue weighted by Crippen LogP contribution is -2.65. The summed E-state index contributed by atoms with van der Waals surface area (Å²) in [6.45, 7) is 6.54. The van der Waals surface area contributed by atoms with Crippen molar-refractivity contribution in [1.29, 1.82) is 0 Å². The number of likely N-dealkylation sites (N-methyl/N-ethyl adjacent to an activating group) is 1. The van der Waals surface area contributed by atoms with Crippen molar-refractivity contribution in [3.05, 3.63) is 108 Å². The maximum atomic E-state index is 14.3. The summed E-state index contributed by atoms with van der Waals surface area (Å²) >= 11 is 0.